The van der Waals surface area contributed by atoms with Crippen LogP contribution in [-0.4, -0.2) is 35.9 Å². The number of carbonyl (C=O) groups excluding carboxylic acids is 1. The van der Waals surface area contributed by atoms with Crippen LogP contribution in [0.1, 0.15) is 17.7 Å². The lowest BCUT2D eigenvalue weighted by Gasteiger charge is -2.00. The molecule has 1 aromatic rings. The van der Waals surface area contributed by atoms with E-state index < -0.39 is 0 Å². The molecule has 0 bridgehead atoms. The maximum atomic E-state index is 11.5. The van der Waals surface area contributed by atoms with Crippen LogP contribution in [-0.2, 0) is 16.6 Å². The van der Waals surface area contributed by atoms with E-state index in [4.69, 9.17) is 16.3 Å². The van der Waals surface area contributed by atoms with Gasteiger partial charge >= 0.3 is 0 Å². The molecule has 0 radical (unpaired) electrons. The predicted molar refractivity (Wildman–Crippen MR) is 71.5 cm³/mol. The van der Waals surface area contributed by atoms with Gasteiger partial charge in [0, 0.05) is 38.9 Å². The second-order valence-electron chi connectivity index (χ2n) is 3.88. The van der Waals surface area contributed by atoms with Gasteiger partial charge in [-0.3, -0.25) is 9.48 Å². The zero-order valence-electron chi connectivity index (χ0n) is 10.9. The molecule has 1 rings (SSSR count). The van der Waals surface area contributed by atoms with Gasteiger partial charge in [0.05, 0.1) is 5.69 Å². The predicted octanol–water partition coefficient (Wildman–Crippen LogP) is 1.55. The van der Waals surface area contributed by atoms with Crippen molar-refractivity contribution >= 4 is 23.6 Å². The average Bonchev–Trinajstić information content (AvgIpc) is 2.57. The Labute approximate surface area is 112 Å². The van der Waals surface area contributed by atoms with Crippen LogP contribution in [0.2, 0.25) is 5.15 Å². The number of rotatable bonds is 6. The Bertz CT molecular complexity index is 441. The van der Waals surface area contributed by atoms with Crippen molar-refractivity contribution < 1.29 is 9.53 Å². The molecule has 0 aliphatic carbocycles. The summed E-state index contributed by atoms with van der Waals surface area (Å²) in [6.45, 7) is 3.08. The first-order chi connectivity index (χ1) is 8.56. The smallest absolute Gasteiger partial charge is 0.244 e. The second-order valence-corrected chi connectivity index (χ2v) is 4.24. The van der Waals surface area contributed by atoms with Crippen LogP contribution in [0.3, 0.4) is 0 Å². The van der Waals surface area contributed by atoms with Crippen LogP contribution in [0.5, 0.6) is 0 Å². The highest BCUT2D eigenvalue weighted by Crippen LogP contribution is 2.19. The zero-order chi connectivity index (χ0) is 13.5. The lowest BCUT2D eigenvalue weighted by molar-refractivity contribution is -0.116. The normalized spacial score (nSPS) is 11.1. The molecule has 0 fully saturated rings. The molecule has 18 heavy (non-hydrogen) atoms. The number of amides is 1. The monoisotopic (exact) mass is 271 g/mol. The maximum absolute atomic E-state index is 11.5. The van der Waals surface area contributed by atoms with E-state index in [-0.39, 0.29) is 5.91 Å². The minimum Gasteiger partial charge on any atom is -0.385 e. The molecule has 0 aliphatic heterocycles. The number of aryl methyl sites for hydroxylation is 2. The van der Waals surface area contributed by atoms with Gasteiger partial charge in [-0.15, -0.1) is 0 Å². The third-order valence-corrected chi connectivity index (χ3v) is 2.87. The Hall–Kier alpha value is -1.33. The molecule has 0 atom stereocenters. The van der Waals surface area contributed by atoms with Crippen molar-refractivity contribution in [3.05, 3.63) is 22.5 Å². The van der Waals surface area contributed by atoms with Gasteiger partial charge in [-0.2, -0.15) is 5.10 Å². The lowest BCUT2D eigenvalue weighted by atomic mass is 10.2. The summed E-state index contributed by atoms with van der Waals surface area (Å²) in [5.41, 5.74) is 1.57. The van der Waals surface area contributed by atoms with Gasteiger partial charge < -0.3 is 10.1 Å². The van der Waals surface area contributed by atoms with Crippen LogP contribution >= 0.6 is 11.6 Å². The number of methoxy groups -OCH3 is 1. The molecule has 0 aromatic carbocycles. The minimum absolute atomic E-state index is 0.148. The molecule has 100 valence electrons. The number of nitrogens with one attached hydrogen (secondary N) is 1. The van der Waals surface area contributed by atoms with E-state index in [0.29, 0.717) is 18.3 Å². The first-order valence-corrected chi connectivity index (χ1v) is 6.08. The van der Waals surface area contributed by atoms with Crippen LogP contribution in [0.15, 0.2) is 6.08 Å². The molecule has 5 nitrogen and oxygen atoms in total. The molecule has 1 N–H and O–H groups in total. The Kier molecular flexibility index (Phi) is 5.88. The van der Waals surface area contributed by atoms with Crippen molar-refractivity contribution in [3.63, 3.8) is 0 Å². The topological polar surface area (TPSA) is 56.1 Å². The molecular weight excluding hydrogens is 254 g/mol. The van der Waals surface area contributed by atoms with E-state index in [9.17, 15) is 4.79 Å². The highest BCUT2D eigenvalue weighted by molar-refractivity contribution is 6.31. The molecule has 0 saturated carbocycles. The molecule has 0 saturated heterocycles. The third-order valence-electron chi connectivity index (χ3n) is 2.42. The molecule has 6 heteroatoms. The van der Waals surface area contributed by atoms with Crippen molar-refractivity contribution in [2.75, 3.05) is 20.3 Å². The average molecular weight is 272 g/mol. The number of carbonyl (C=O) groups is 1. The Morgan fingerprint density at radius 2 is 2.33 bits per heavy atom. The van der Waals surface area contributed by atoms with Crippen LogP contribution in [0.4, 0.5) is 0 Å². The summed E-state index contributed by atoms with van der Waals surface area (Å²) in [7, 11) is 3.40. The number of halogens is 1. The quantitative estimate of drug-likeness (QED) is 0.631. The number of hydrogen-bond donors (Lipinski definition) is 1. The largest absolute Gasteiger partial charge is 0.385 e. The van der Waals surface area contributed by atoms with Crippen LogP contribution in [0, 0.1) is 6.92 Å². The lowest BCUT2D eigenvalue weighted by Crippen LogP contribution is -2.22. The zero-order valence-corrected chi connectivity index (χ0v) is 11.6. The van der Waals surface area contributed by atoms with Crippen molar-refractivity contribution in [1.82, 2.24) is 15.1 Å². The van der Waals surface area contributed by atoms with Gasteiger partial charge in [0.1, 0.15) is 5.15 Å². The number of nitrogens with zero attached hydrogens (tertiary/aromatic N) is 2. The summed E-state index contributed by atoms with van der Waals surface area (Å²) in [6, 6.07) is 0. The van der Waals surface area contributed by atoms with Gasteiger partial charge in [-0.25, -0.2) is 0 Å². The Balaban J connectivity index is 2.50. The van der Waals surface area contributed by atoms with E-state index in [0.717, 1.165) is 17.7 Å². The second kappa shape index (κ2) is 7.18. The molecule has 0 aliphatic rings. The Morgan fingerprint density at radius 3 is 2.89 bits per heavy atom. The molecular formula is C12H18ClN3O2. The van der Waals surface area contributed by atoms with Crippen molar-refractivity contribution in [1.29, 1.82) is 0 Å². The Morgan fingerprint density at radius 1 is 1.61 bits per heavy atom. The van der Waals surface area contributed by atoms with Gasteiger partial charge in [-0.1, -0.05) is 11.6 Å². The standard InChI is InChI=1S/C12H18ClN3O2/c1-9-10(12(13)16(2)15-9)5-6-11(17)14-7-4-8-18-3/h5-6H,4,7-8H2,1-3H3,(H,14,17)/b6-5+. The van der Waals surface area contributed by atoms with E-state index in [1.54, 1.807) is 24.9 Å². The third kappa shape index (κ3) is 4.16. The fraction of sp³-hybridized carbons (Fsp3) is 0.500. The van der Waals surface area contributed by atoms with Gasteiger partial charge in [0.25, 0.3) is 0 Å². The maximum Gasteiger partial charge on any atom is 0.244 e. The van der Waals surface area contributed by atoms with Crippen molar-refractivity contribution in [3.8, 4) is 0 Å². The molecule has 0 spiro atoms. The summed E-state index contributed by atoms with van der Waals surface area (Å²) in [5.74, 6) is -0.148. The van der Waals surface area contributed by atoms with E-state index in [1.165, 1.54) is 6.08 Å². The van der Waals surface area contributed by atoms with Gasteiger partial charge in [-0.05, 0) is 19.4 Å². The number of ether oxygens (including phenoxy) is 1. The highest BCUT2D eigenvalue weighted by atomic mass is 35.5. The van der Waals surface area contributed by atoms with E-state index in [1.807, 2.05) is 6.92 Å². The first-order valence-electron chi connectivity index (χ1n) is 5.70. The van der Waals surface area contributed by atoms with Crippen LogP contribution < -0.4 is 5.32 Å². The summed E-state index contributed by atoms with van der Waals surface area (Å²) < 4.78 is 6.47. The number of aromatic nitrogens is 2. The van der Waals surface area contributed by atoms with E-state index >= 15 is 0 Å². The molecule has 1 aromatic heterocycles. The molecule has 1 heterocycles. The summed E-state index contributed by atoms with van der Waals surface area (Å²) in [5, 5.41) is 7.44. The van der Waals surface area contributed by atoms with Crippen molar-refractivity contribution in [2.24, 2.45) is 7.05 Å². The molecule has 1 amide bonds. The fourth-order valence-corrected chi connectivity index (χ4v) is 1.72. The van der Waals surface area contributed by atoms with Crippen molar-refractivity contribution in [2.45, 2.75) is 13.3 Å². The summed E-state index contributed by atoms with van der Waals surface area (Å²) >= 11 is 6.04. The number of hydrogen-bond acceptors (Lipinski definition) is 3. The SMILES string of the molecule is COCCCNC(=O)/C=C/c1c(C)nn(C)c1Cl. The minimum atomic E-state index is -0.148. The first kappa shape index (κ1) is 14.7. The van der Waals surface area contributed by atoms with E-state index in [2.05, 4.69) is 10.4 Å². The fourth-order valence-electron chi connectivity index (χ4n) is 1.48. The molecule has 0 unspecified atom stereocenters. The summed E-state index contributed by atoms with van der Waals surface area (Å²) in [4.78, 5) is 11.5. The van der Waals surface area contributed by atoms with Crippen LogP contribution in [0.25, 0.3) is 6.08 Å². The highest BCUT2D eigenvalue weighted by Gasteiger charge is 2.08. The van der Waals surface area contributed by atoms with Gasteiger partial charge in [0.15, 0.2) is 0 Å². The summed E-state index contributed by atoms with van der Waals surface area (Å²) in [6.07, 6.45) is 3.93. The van der Waals surface area contributed by atoms with Gasteiger partial charge in [0.2, 0.25) is 5.91 Å².